The van der Waals surface area contributed by atoms with E-state index in [4.69, 9.17) is 52.6 Å². The minimum absolute atomic E-state index is 0. The lowest BCUT2D eigenvalue weighted by molar-refractivity contribution is 0.363. The van der Waals surface area contributed by atoms with Crippen LogP contribution >= 0.6 is 0 Å². The second kappa shape index (κ2) is 12.9. The second-order valence-electron chi connectivity index (χ2n) is 1.28. The Labute approximate surface area is 103 Å². The third kappa shape index (κ3) is 12500. The molecule has 0 aliphatic rings. The van der Waals surface area contributed by atoms with E-state index in [0.29, 0.717) is 0 Å². The highest BCUT2D eigenvalue weighted by Crippen LogP contribution is 1.59. The molecular weight excluding hydrogens is 330 g/mol. The summed E-state index contributed by atoms with van der Waals surface area (Å²) in [6, 6.07) is 0. The van der Waals surface area contributed by atoms with Gasteiger partial charge in [0.15, 0.2) is 0 Å². The highest BCUT2D eigenvalue weighted by molar-refractivity contribution is 7.80. The van der Waals surface area contributed by atoms with Gasteiger partial charge < -0.3 is 32.1 Å². The van der Waals surface area contributed by atoms with Crippen LogP contribution in [-0.4, -0.2) is 52.6 Å². The van der Waals surface area contributed by atoms with Crippen LogP contribution in [0.15, 0.2) is 0 Å². The normalized spacial score (nSPS) is 9.67. The van der Waals surface area contributed by atoms with Crippen LogP contribution in [0, 0.1) is 0 Å². The zero-order valence-electron chi connectivity index (χ0n) is 9.24. The van der Waals surface area contributed by atoms with E-state index >= 15 is 0 Å². The molecule has 0 aliphatic heterocycles. The van der Waals surface area contributed by atoms with Gasteiger partial charge in [-0.1, -0.05) is 0 Å². The molecule has 0 fully saturated rings. The van der Waals surface area contributed by atoms with Crippen molar-refractivity contribution in [2.75, 3.05) is 0 Å². The van der Waals surface area contributed by atoms with Gasteiger partial charge in [-0.2, -0.15) is 0 Å². The molecule has 0 heterocycles. The summed E-state index contributed by atoms with van der Waals surface area (Å²) in [5, 5.41) is 0. The van der Waals surface area contributed by atoms with Crippen molar-refractivity contribution >= 4 is 31.2 Å². The van der Waals surface area contributed by atoms with Crippen molar-refractivity contribution < 1.29 is 52.6 Å². The third-order valence-corrected chi connectivity index (χ3v) is 0. The largest absolute Gasteiger partial charge is 0.726 e. The summed E-state index contributed by atoms with van der Waals surface area (Å²) in [6.45, 7) is 0. The summed E-state index contributed by atoms with van der Waals surface area (Å²) < 4.78 is 98.5. The van der Waals surface area contributed by atoms with E-state index in [1.54, 1.807) is 0 Å². The first-order chi connectivity index (χ1) is 6.00. The first-order valence-corrected chi connectivity index (χ1v) is 6.14. The Kier molecular flexibility index (Phi) is 25.9. The van der Waals surface area contributed by atoms with Crippen molar-refractivity contribution in [1.29, 1.82) is 0 Å². The van der Waals surface area contributed by atoms with Gasteiger partial charge in [0.25, 0.3) is 0 Å². The first kappa shape index (κ1) is 36.0. The molecule has 0 saturated carbocycles. The molecule has 0 radical (unpaired) electrons. The minimum atomic E-state index is -4.92. The van der Waals surface area contributed by atoms with Crippen molar-refractivity contribution in [1.82, 2.24) is 18.5 Å². The number of quaternary nitrogens is 3. The highest BCUT2D eigenvalue weighted by atomic mass is 32.3. The minimum Gasteiger partial charge on any atom is -0.726 e. The van der Waals surface area contributed by atoms with Crippen LogP contribution in [0.5, 0.6) is 0 Å². The molecule has 15 N–H and O–H groups in total. The van der Waals surface area contributed by atoms with E-state index in [-0.39, 0.29) is 18.5 Å². The summed E-state index contributed by atoms with van der Waals surface area (Å²) in [4.78, 5) is 0. The van der Waals surface area contributed by atoms with Gasteiger partial charge in [0, 0.05) is 0 Å². The van der Waals surface area contributed by atoms with Gasteiger partial charge in [0.1, 0.15) is 0 Å². The van der Waals surface area contributed by atoms with E-state index in [0.717, 1.165) is 0 Å². The molecule has 0 saturated heterocycles. The van der Waals surface area contributed by atoms with Crippen molar-refractivity contribution in [3.63, 3.8) is 0 Å². The van der Waals surface area contributed by atoms with Crippen LogP contribution in [0.4, 0.5) is 0 Å². The molecule has 15 nitrogen and oxygen atoms in total. The molecule has 120 valence electrons. The molecule has 0 spiro atoms. The van der Waals surface area contributed by atoms with Gasteiger partial charge in [-0.05, 0) is 0 Å². The van der Waals surface area contributed by atoms with E-state index in [9.17, 15) is 0 Å². The fourth-order valence-corrected chi connectivity index (χ4v) is 0. The molecule has 0 aromatic heterocycles. The molecule has 0 bridgehead atoms. The van der Waals surface area contributed by atoms with E-state index < -0.39 is 31.2 Å². The first-order valence-electron chi connectivity index (χ1n) is 2.05. The Morgan fingerprint density at radius 1 is 0.500 bits per heavy atom. The van der Waals surface area contributed by atoms with Gasteiger partial charge in [0.2, 0.25) is 31.2 Å². The fourth-order valence-electron chi connectivity index (χ4n) is 0. The average molecular weight is 345 g/mol. The third-order valence-electron chi connectivity index (χ3n) is 0. The van der Waals surface area contributed by atoms with Gasteiger partial charge in [-0.3, -0.25) is 13.7 Å². The molecular formula is H15N3O12S3. The predicted octanol–water partition coefficient (Wildman–Crippen LogP) is -1.86. The molecule has 0 atom stereocenters. The molecule has 0 aromatic rings. The number of hydrogen-bond acceptors (Lipinski definition) is 9. The molecule has 0 unspecified atom stereocenters. The molecule has 0 rings (SSSR count). The van der Waals surface area contributed by atoms with Crippen molar-refractivity contribution in [3.8, 4) is 0 Å². The van der Waals surface area contributed by atoms with Crippen LogP contribution in [0.3, 0.4) is 0 Å². The molecule has 0 aromatic carbocycles. The summed E-state index contributed by atoms with van der Waals surface area (Å²) in [6.07, 6.45) is 0. The van der Waals surface area contributed by atoms with Gasteiger partial charge in [-0.15, -0.1) is 0 Å². The van der Waals surface area contributed by atoms with Crippen LogP contribution in [0.2, 0.25) is 0 Å². The lowest BCUT2D eigenvalue weighted by Crippen LogP contribution is -1.90. The SMILES string of the molecule is O=S(=O)([O-])O.O=S(=O)([O-])O.O=S(=O)([O-])O.[NH4+].[NH4+].[NH4+]. The number of rotatable bonds is 0. The molecule has 0 aliphatic carbocycles. The van der Waals surface area contributed by atoms with Crippen LogP contribution in [0.1, 0.15) is 0 Å². The lowest BCUT2D eigenvalue weighted by atomic mass is 14.0. The average Bonchev–Trinajstić information content (AvgIpc) is 1.41. The zero-order valence-corrected chi connectivity index (χ0v) is 11.7. The maximum absolute atomic E-state index is 8.63. The molecule has 0 amide bonds. The summed E-state index contributed by atoms with van der Waals surface area (Å²) >= 11 is 0. The van der Waals surface area contributed by atoms with Gasteiger partial charge >= 0.3 is 0 Å². The van der Waals surface area contributed by atoms with Crippen molar-refractivity contribution in [2.45, 2.75) is 0 Å². The summed E-state index contributed by atoms with van der Waals surface area (Å²) in [5.74, 6) is 0. The van der Waals surface area contributed by atoms with E-state index in [1.165, 1.54) is 0 Å². The Morgan fingerprint density at radius 2 is 0.500 bits per heavy atom. The maximum atomic E-state index is 8.63. The van der Waals surface area contributed by atoms with Gasteiger partial charge in [0.05, 0.1) is 0 Å². The van der Waals surface area contributed by atoms with Crippen LogP contribution < -0.4 is 18.5 Å². The summed E-state index contributed by atoms with van der Waals surface area (Å²) in [7, 11) is -14.7. The second-order valence-corrected chi connectivity index (χ2v) is 3.85. The molecule has 18 heteroatoms. The van der Waals surface area contributed by atoms with E-state index in [1.807, 2.05) is 0 Å². The van der Waals surface area contributed by atoms with Crippen molar-refractivity contribution in [2.24, 2.45) is 0 Å². The van der Waals surface area contributed by atoms with E-state index in [2.05, 4.69) is 0 Å². The van der Waals surface area contributed by atoms with Crippen LogP contribution in [-0.2, 0) is 31.2 Å². The Bertz CT molecular complexity index is 343. The van der Waals surface area contributed by atoms with Gasteiger partial charge in [-0.25, -0.2) is 25.3 Å². The monoisotopic (exact) mass is 345 g/mol. The Hall–Kier alpha value is -0.510. The Balaban J connectivity index is -0.0000000277. The van der Waals surface area contributed by atoms with Crippen LogP contribution in [0.25, 0.3) is 0 Å². The standard InChI is InChI=1S/3H3N.3H2O4S/c;;;3*1-5(2,3)4/h3*1H3;3*(H2,1,2,3,4). The molecule has 18 heavy (non-hydrogen) atoms. The highest BCUT2D eigenvalue weighted by Gasteiger charge is 1.68. The maximum Gasteiger partial charge on any atom is 0.215 e. The fraction of sp³-hybridized carbons (Fsp3) is 0. The van der Waals surface area contributed by atoms with Crippen molar-refractivity contribution in [3.05, 3.63) is 0 Å². The summed E-state index contributed by atoms with van der Waals surface area (Å²) in [5.41, 5.74) is 0. The number of hydrogen-bond donors (Lipinski definition) is 6. The Morgan fingerprint density at radius 3 is 0.500 bits per heavy atom. The topological polar surface area (TPSA) is 342 Å². The zero-order chi connectivity index (χ0) is 13.5. The smallest absolute Gasteiger partial charge is 0.215 e. The lowest BCUT2D eigenvalue weighted by Gasteiger charge is -1.88. The predicted molar refractivity (Wildman–Crippen MR) is 54.9 cm³/mol. The quantitative estimate of drug-likeness (QED) is 0.208.